The molecule has 2 N–H and O–H groups in total. The van der Waals surface area contributed by atoms with Crippen molar-refractivity contribution in [2.24, 2.45) is 5.73 Å². The summed E-state index contributed by atoms with van der Waals surface area (Å²) in [5, 5.41) is 4.02. The maximum absolute atomic E-state index is 12.4. The second-order valence-corrected chi connectivity index (χ2v) is 5.03. The molecule has 1 unspecified atom stereocenters. The Labute approximate surface area is 113 Å². The molecule has 19 heavy (non-hydrogen) atoms. The number of alkyl halides is 3. The van der Waals surface area contributed by atoms with Crippen LogP contribution >= 0.6 is 11.3 Å². The predicted octanol–water partition coefficient (Wildman–Crippen LogP) is 3.79. The topological polar surface area (TPSA) is 38.9 Å². The van der Waals surface area contributed by atoms with E-state index in [0.29, 0.717) is 12.1 Å². The van der Waals surface area contributed by atoms with Gasteiger partial charge in [0.2, 0.25) is 0 Å². The van der Waals surface area contributed by atoms with E-state index in [2.05, 4.69) is 4.98 Å². The smallest absolute Gasteiger partial charge is 0.323 e. The van der Waals surface area contributed by atoms with E-state index in [-0.39, 0.29) is 6.04 Å². The van der Waals surface area contributed by atoms with Gasteiger partial charge in [-0.25, -0.2) is 0 Å². The van der Waals surface area contributed by atoms with Crippen molar-refractivity contribution in [2.75, 3.05) is 0 Å². The summed E-state index contributed by atoms with van der Waals surface area (Å²) in [7, 11) is 0. The number of hydrogen-bond acceptors (Lipinski definition) is 3. The molecule has 0 saturated carbocycles. The van der Waals surface area contributed by atoms with E-state index in [4.69, 9.17) is 5.73 Å². The molecule has 0 aliphatic heterocycles. The van der Waals surface area contributed by atoms with Gasteiger partial charge in [-0.05, 0) is 47.4 Å². The summed E-state index contributed by atoms with van der Waals surface area (Å²) in [5.41, 5.74) is 6.86. The lowest BCUT2D eigenvalue weighted by molar-refractivity contribution is -0.137. The number of halogens is 3. The molecule has 2 rings (SSSR count). The first-order valence-corrected chi connectivity index (χ1v) is 6.71. The lowest BCUT2D eigenvalue weighted by atomic mass is 10.0. The summed E-state index contributed by atoms with van der Waals surface area (Å²) in [6.45, 7) is 0. The normalized spacial score (nSPS) is 13.5. The number of nitrogens with zero attached hydrogens (tertiary/aromatic N) is 1. The largest absolute Gasteiger partial charge is 0.417 e. The van der Waals surface area contributed by atoms with Crippen molar-refractivity contribution < 1.29 is 13.2 Å². The molecule has 2 aromatic heterocycles. The monoisotopic (exact) mass is 286 g/mol. The fraction of sp³-hybridized carbons (Fsp3) is 0.308. The van der Waals surface area contributed by atoms with Gasteiger partial charge in [-0.2, -0.15) is 24.5 Å². The molecule has 0 amide bonds. The van der Waals surface area contributed by atoms with Crippen LogP contribution in [0.3, 0.4) is 0 Å². The SMILES string of the molecule is NC(CCc1ccsc1)c1ccc(C(F)(F)F)cn1. The highest BCUT2D eigenvalue weighted by molar-refractivity contribution is 7.07. The third-order valence-electron chi connectivity index (χ3n) is 2.82. The van der Waals surface area contributed by atoms with Gasteiger partial charge in [0.25, 0.3) is 0 Å². The van der Waals surface area contributed by atoms with Gasteiger partial charge in [-0.1, -0.05) is 0 Å². The van der Waals surface area contributed by atoms with Crippen LogP contribution in [0, 0.1) is 0 Å². The Bertz CT molecular complexity index is 506. The van der Waals surface area contributed by atoms with E-state index in [1.54, 1.807) is 11.3 Å². The number of rotatable bonds is 4. The first-order valence-electron chi connectivity index (χ1n) is 5.76. The van der Waals surface area contributed by atoms with Crippen LogP contribution < -0.4 is 5.73 Å². The van der Waals surface area contributed by atoms with Crippen molar-refractivity contribution in [3.05, 3.63) is 52.0 Å². The molecule has 0 aliphatic carbocycles. The molecule has 0 fully saturated rings. The number of pyridine rings is 1. The zero-order chi connectivity index (χ0) is 13.9. The predicted molar refractivity (Wildman–Crippen MR) is 68.8 cm³/mol. The highest BCUT2D eigenvalue weighted by Gasteiger charge is 2.30. The Morgan fingerprint density at radius 3 is 2.58 bits per heavy atom. The quantitative estimate of drug-likeness (QED) is 0.928. The molecular weight excluding hydrogens is 273 g/mol. The number of nitrogens with two attached hydrogens (primary N) is 1. The van der Waals surface area contributed by atoms with Crippen LogP contribution in [-0.2, 0) is 12.6 Å². The second kappa shape index (κ2) is 5.71. The summed E-state index contributed by atoms with van der Waals surface area (Å²) in [6.07, 6.45) is -2.06. The fourth-order valence-electron chi connectivity index (χ4n) is 1.70. The Morgan fingerprint density at radius 2 is 2.05 bits per heavy atom. The summed E-state index contributed by atoms with van der Waals surface area (Å²) < 4.78 is 37.2. The fourth-order valence-corrected chi connectivity index (χ4v) is 2.40. The van der Waals surface area contributed by atoms with Crippen LogP contribution in [0.2, 0.25) is 0 Å². The third-order valence-corrected chi connectivity index (χ3v) is 3.55. The number of hydrogen-bond donors (Lipinski definition) is 1. The third kappa shape index (κ3) is 3.78. The Balaban J connectivity index is 1.97. The second-order valence-electron chi connectivity index (χ2n) is 4.25. The van der Waals surface area contributed by atoms with Gasteiger partial charge in [0.15, 0.2) is 0 Å². The molecule has 2 aromatic rings. The lowest BCUT2D eigenvalue weighted by Crippen LogP contribution is -2.14. The highest BCUT2D eigenvalue weighted by atomic mass is 32.1. The van der Waals surface area contributed by atoms with Crippen LogP contribution in [0.25, 0.3) is 0 Å². The van der Waals surface area contributed by atoms with E-state index in [9.17, 15) is 13.2 Å². The van der Waals surface area contributed by atoms with Crippen LogP contribution in [0.15, 0.2) is 35.2 Å². The van der Waals surface area contributed by atoms with Gasteiger partial charge in [0.05, 0.1) is 11.3 Å². The molecule has 6 heteroatoms. The average molecular weight is 286 g/mol. The van der Waals surface area contributed by atoms with Crippen LogP contribution in [0.4, 0.5) is 13.2 Å². The minimum Gasteiger partial charge on any atom is -0.323 e. The zero-order valence-corrected chi connectivity index (χ0v) is 10.8. The highest BCUT2D eigenvalue weighted by Crippen LogP contribution is 2.29. The van der Waals surface area contributed by atoms with E-state index in [1.165, 1.54) is 11.6 Å². The molecule has 0 saturated heterocycles. The van der Waals surface area contributed by atoms with Gasteiger partial charge < -0.3 is 5.73 Å². The lowest BCUT2D eigenvalue weighted by Gasteiger charge is -2.12. The van der Waals surface area contributed by atoms with E-state index in [1.807, 2.05) is 16.8 Å². The minimum absolute atomic E-state index is 0.345. The summed E-state index contributed by atoms with van der Waals surface area (Å²) >= 11 is 1.61. The van der Waals surface area contributed by atoms with Gasteiger partial charge >= 0.3 is 6.18 Å². The molecule has 0 radical (unpaired) electrons. The van der Waals surface area contributed by atoms with E-state index < -0.39 is 11.7 Å². The van der Waals surface area contributed by atoms with Crippen molar-refractivity contribution in [1.82, 2.24) is 4.98 Å². The first kappa shape index (κ1) is 14.0. The Kier molecular flexibility index (Phi) is 4.21. The van der Waals surface area contributed by atoms with Gasteiger partial charge in [0, 0.05) is 12.2 Å². The Hall–Kier alpha value is -1.40. The van der Waals surface area contributed by atoms with Crippen molar-refractivity contribution >= 4 is 11.3 Å². The van der Waals surface area contributed by atoms with Crippen molar-refractivity contribution in [1.29, 1.82) is 0 Å². The van der Waals surface area contributed by atoms with E-state index in [0.717, 1.165) is 18.7 Å². The molecule has 0 aliphatic rings. The molecular formula is C13H13F3N2S. The molecule has 1 atom stereocenters. The minimum atomic E-state index is -4.35. The molecule has 2 nitrogen and oxygen atoms in total. The molecule has 2 heterocycles. The van der Waals surface area contributed by atoms with Crippen LogP contribution in [0.1, 0.15) is 29.3 Å². The van der Waals surface area contributed by atoms with Crippen molar-refractivity contribution in [2.45, 2.75) is 25.1 Å². The summed E-state index contributed by atoms with van der Waals surface area (Å²) in [6, 6.07) is 4.04. The van der Waals surface area contributed by atoms with Crippen molar-refractivity contribution in [3.63, 3.8) is 0 Å². The molecule has 0 bridgehead atoms. The standard InChI is InChI=1S/C13H13F3N2S/c14-13(15,16)10-2-4-12(18-7-10)11(17)3-1-9-5-6-19-8-9/h2,4-8,11H,1,3,17H2. The van der Waals surface area contributed by atoms with Gasteiger partial charge in [-0.15, -0.1) is 0 Å². The van der Waals surface area contributed by atoms with Crippen LogP contribution in [0.5, 0.6) is 0 Å². The van der Waals surface area contributed by atoms with E-state index >= 15 is 0 Å². The molecule has 102 valence electrons. The Morgan fingerprint density at radius 1 is 1.26 bits per heavy atom. The summed E-state index contributed by atoms with van der Waals surface area (Å²) in [4.78, 5) is 3.80. The molecule has 0 spiro atoms. The van der Waals surface area contributed by atoms with Gasteiger partial charge in [-0.3, -0.25) is 4.98 Å². The van der Waals surface area contributed by atoms with Crippen molar-refractivity contribution in [3.8, 4) is 0 Å². The number of aromatic nitrogens is 1. The van der Waals surface area contributed by atoms with Gasteiger partial charge in [0.1, 0.15) is 0 Å². The molecule has 0 aromatic carbocycles. The van der Waals surface area contributed by atoms with Crippen LogP contribution in [-0.4, -0.2) is 4.98 Å². The number of thiophene rings is 1. The number of aryl methyl sites for hydroxylation is 1. The maximum Gasteiger partial charge on any atom is 0.417 e. The summed E-state index contributed by atoms with van der Waals surface area (Å²) in [5.74, 6) is 0. The maximum atomic E-state index is 12.4. The average Bonchev–Trinajstić information content (AvgIpc) is 2.88. The zero-order valence-electron chi connectivity index (χ0n) is 10.0. The first-order chi connectivity index (χ1) is 8.97.